The fraction of sp³-hybridized carbons (Fsp3) is 0.929. The molecule has 0 amide bonds. The van der Waals surface area contributed by atoms with Crippen molar-refractivity contribution < 1.29 is 4.74 Å². The highest BCUT2D eigenvalue weighted by Crippen LogP contribution is 2.08. The lowest BCUT2D eigenvalue weighted by atomic mass is 10.2. The Balaban J connectivity index is 2.24. The summed E-state index contributed by atoms with van der Waals surface area (Å²) in [4.78, 5) is 7.14. The third kappa shape index (κ3) is 8.06. The number of rotatable bonds is 7. The molecule has 5 nitrogen and oxygen atoms in total. The largest absolute Gasteiger partial charge is 0.383 e. The molecule has 19 heavy (non-hydrogen) atoms. The summed E-state index contributed by atoms with van der Waals surface area (Å²) in [5, 5.41) is 6.52. The van der Waals surface area contributed by atoms with Crippen LogP contribution in [0.4, 0.5) is 0 Å². The molecule has 0 spiro atoms. The van der Waals surface area contributed by atoms with E-state index < -0.39 is 0 Å². The van der Waals surface area contributed by atoms with Gasteiger partial charge in [-0.25, -0.2) is 0 Å². The first-order valence-electron chi connectivity index (χ1n) is 7.60. The number of guanidine groups is 1. The highest BCUT2D eigenvalue weighted by Gasteiger charge is 2.07. The summed E-state index contributed by atoms with van der Waals surface area (Å²) in [6.45, 7) is 8.89. The Morgan fingerprint density at radius 2 is 1.89 bits per heavy atom. The Morgan fingerprint density at radius 1 is 1.16 bits per heavy atom. The van der Waals surface area contributed by atoms with Crippen LogP contribution in [0.1, 0.15) is 32.6 Å². The molecule has 0 radical (unpaired) electrons. The average Bonchev–Trinajstić information content (AvgIpc) is 2.68. The third-order valence-corrected chi connectivity index (χ3v) is 3.33. The van der Waals surface area contributed by atoms with Gasteiger partial charge in [0.25, 0.3) is 0 Å². The van der Waals surface area contributed by atoms with Crippen LogP contribution in [-0.2, 0) is 4.74 Å². The Hall–Kier alpha value is -0.810. The molecule has 1 fully saturated rings. The molecule has 1 aliphatic heterocycles. The number of aliphatic imine (C=N–C) groups is 1. The molecule has 0 saturated carbocycles. The molecule has 0 aromatic rings. The van der Waals surface area contributed by atoms with Crippen molar-refractivity contribution in [3.8, 4) is 0 Å². The summed E-state index contributed by atoms with van der Waals surface area (Å²) in [5.74, 6) is 0.898. The maximum atomic E-state index is 5.03. The minimum absolute atomic E-state index is 0.705. The van der Waals surface area contributed by atoms with Gasteiger partial charge in [0.05, 0.1) is 13.2 Å². The fourth-order valence-corrected chi connectivity index (χ4v) is 2.28. The van der Waals surface area contributed by atoms with Crippen LogP contribution in [0, 0.1) is 0 Å². The topological polar surface area (TPSA) is 48.9 Å². The van der Waals surface area contributed by atoms with E-state index in [1.807, 2.05) is 0 Å². The predicted octanol–water partition coefficient (Wildman–Crippen LogP) is 1.06. The number of nitrogens with one attached hydrogen (secondary N) is 2. The number of methoxy groups -OCH3 is 1. The number of hydrogen-bond donors (Lipinski definition) is 2. The van der Waals surface area contributed by atoms with Crippen molar-refractivity contribution in [2.75, 3.05) is 53.0 Å². The van der Waals surface area contributed by atoms with E-state index in [0.29, 0.717) is 6.61 Å². The highest BCUT2D eigenvalue weighted by molar-refractivity contribution is 5.79. The van der Waals surface area contributed by atoms with E-state index in [-0.39, 0.29) is 0 Å². The molecule has 1 heterocycles. The normalized spacial score (nSPS) is 18.1. The molecule has 0 aliphatic carbocycles. The second-order valence-corrected chi connectivity index (χ2v) is 4.94. The van der Waals surface area contributed by atoms with Crippen molar-refractivity contribution in [1.29, 1.82) is 0 Å². The van der Waals surface area contributed by atoms with E-state index in [0.717, 1.165) is 32.1 Å². The van der Waals surface area contributed by atoms with Crippen molar-refractivity contribution in [3.63, 3.8) is 0 Å². The first-order chi connectivity index (χ1) is 9.36. The van der Waals surface area contributed by atoms with Gasteiger partial charge >= 0.3 is 0 Å². The van der Waals surface area contributed by atoms with Gasteiger partial charge in [-0.2, -0.15) is 0 Å². The Kier molecular flexibility index (Phi) is 9.45. The van der Waals surface area contributed by atoms with E-state index >= 15 is 0 Å². The van der Waals surface area contributed by atoms with Crippen molar-refractivity contribution in [2.45, 2.75) is 32.6 Å². The average molecular weight is 270 g/mol. The van der Waals surface area contributed by atoms with E-state index in [2.05, 4.69) is 27.4 Å². The molecule has 1 saturated heterocycles. The molecule has 0 bridgehead atoms. The maximum Gasteiger partial charge on any atom is 0.191 e. The summed E-state index contributed by atoms with van der Waals surface area (Å²) >= 11 is 0. The standard InChI is InChI=1S/C14H30N4O/c1-3-15-14(17-9-13-19-2)16-8-12-18-10-6-4-5-7-11-18/h3-13H2,1-2H3,(H2,15,16,17). The Morgan fingerprint density at radius 3 is 2.53 bits per heavy atom. The molecular formula is C14H30N4O. The second kappa shape index (κ2) is 11.1. The van der Waals surface area contributed by atoms with Crippen LogP contribution in [-0.4, -0.2) is 63.8 Å². The molecule has 0 aromatic carbocycles. The van der Waals surface area contributed by atoms with E-state index in [4.69, 9.17) is 4.74 Å². The zero-order valence-electron chi connectivity index (χ0n) is 12.6. The Bertz CT molecular complexity index is 238. The molecular weight excluding hydrogens is 240 g/mol. The molecule has 5 heteroatoms. The van der Waals surface area contributed by atoms with Crippen molar-refractivity contribution in [2.24, 2.45) is 4.99 Å². The van der Waals surface area contributed by atoms with Gasteiger partial charge in [0.2, 0.25) is 0 Å². The van der Waals surface area contributed by atoms with Crippen molar-refractivity contribution in [1.82, 2.24) is 15.5 Å². The second-order valence-electron chi connectivity index (χ2n) is 4.94. The molecule has 0 aromatic heterocycles. The monoisotopic (exact) mass is 270 g/mol. The predicted molar refractivity (Wildman–Crippen MR) is 80.8 cm³/mol. The van der Waals surface area contributed by atoms with E-state index in [1.54, 1.807) is 7.11 Å². The van der Waals surface area contributed by atoms with Crippen LogP contribution in [0.25, 0.3) is 0 Å². The van der Waals surface area contributed by atoms with Gasteiger partial charge in [0, 0.05) is 26.7 Å². The summed E-state index contributed by atoms with van der Waals surface area (Å²) in [6.07, 6.45) is 5.47. The minimum Gasteiger partial charge on any atom is -0.383 e. The third-order valence-electron chi connectivity index (χ3n) is 3.33. The summed E-state index contributed by atoms with van der Waals surface area (Å²) in [5.41, 5.74) is 0. The van der Waals surface area contributed by atoms with Crippen LogP contribution in [0.5, 0.6) is 0 Å². The minimum atomic E-state index is 0.705. The molecule has 0 atom stereocenters. The number of ether oxygens (including phenoxy) is 1. The summed E-state index contributed by atoms with van der Waals surface area (Å²) < 4.78 is 5.03. The van der Waals surface area contributed by atoms with Gasteiger partial charge in [-0.1, -0.05) is 12.8 Å². The number of likely N-dealkylation sites (tertiary alicyclic amines) is 1. The van der Waals surface area contributed by atoms with Gasteiger partial charge in [-0.15, -0.1) is 0 Å². The zero-order chi connectivity index (χ0) is 13.8. The maximum absolute atomic E-state index is 5.03. The quantitative estimate of drug-likeness (QED) is 0.413. The van der Waals surface area contributed by atoms with Gasteiger partial charge < -0.3 is 20.3 Å². The van der Waals surface area contributed by atoms with Crippen molar-refractivity contribution in [3.05, 3.63) is 0 Å². The van der Waals surface area contributed by atoms with Crippen LogP contribution in [0.15, 0.2) is 4.99 Å². The molecule has 1 aliphatic rings. The fourth-order valence-electron chi connectivity index (χ4n) is 2.28. The van der Waals surface area contributed by atoms with E-state index in [1.165, 1.54) is 38.8 Å². The number of nitrogens with zero attached hydrogens (tertiary/aromatic N) is 2. The number of hydrogen-bond acceptors (Lipinski definition) is 3. The summed E-state index contributed by atoms with van der Waals surface area (Å²) in [6, 6.07) is 0. The first-order valence-corrected chi connectivity index (χ1v) is 7.60. The van der Waals surface area contributed by atoms with Gasteiger partial charge in [0.1, 0.15) is 0 Å². The molecule has 112 valence electrons. The summed E-state index contributed by atoms with van der Waals surface area (Å²) in [7, 11) is 1.71. The molecule has 1 rings (SSSR count). The lowest BCUT2D eigenvalue weighted by Gasteiger charge is -2.18. The SMILES string of the molecule is CCNC(=NCCN1CCCCCC1)NCCOC. The van der Waals surface area contributed by atoms with E-state index in [9.17, 15) is 0 Å². The van der Waals surface area contributed by atoms with Crippen LogP contribution in [0.3, 0.4) is 0 Å². The lowest BCUT2D eigenvalue weighted by molar-refractivity contribution is 0.203. The first kappa shape index (κ1) is 16.2. The van der Waals surface area contributed by atoms with Gasteiger partial charge in [-0.3, -0.25) is 4.99 Å². The Labute approximate surface area is 117 Å². The molecule has 0 unspecified atom stereocenters. The van der Waals surface area contributed by atoms with Crippen LogP contribution >= 0.6 is 0 Å². The van der Waals surface area contributed by atoms with Crippen LogP contribution < -0.4 is 10.6 Å². The van der Waals surface area contributed by atoms with Gasteiger partial charge in [-0.05, 0) is 32.9 Å². The smallest absolute Gasteiger partial charge is 0.191 e. The van der Waals surface area contributed by atoms with Gasteiger partial charge in [0.15, 0.2) is 5.96 Å². The van der Waals surface area contributed by atoms with Crippen molar-refractivity contribution >= 4 is 5.96 Å². The highest BCUT2D eigenvalue weighted by atomic mass is 16.5. The lowest BCUT2D eigenvalue weighted by Crippen LogP contribution is -2.39. The molecule has 2 N–H and O–H groups in total. The van der Waals surface area contributed by atoms with Crippen LogP contribution in [0.2, 0.25) is 0 Å². The zero-order valence-corrected chi connectivity index (χ0v) is 12.6.